The lowest BCUT2D eigenvalue weighted by molar-refractivity contribution is -0.386. The van der Waals surface area contributed by atoms with Crippen molar-refractivity contribution in [3.63, 3.8) is 0 Å². The minimum atomic E-state index is -0.510. The standard InChI is InChI=1S/C11H16BrN3O3/c1-11(2,3)14-4-5-18-10-9(15(16)17)6-8(12)7-13-10/h6-7,14H,4-5H2,1-3H3. The molecule has 0 aliphatic carbocycles. The van der Waals surface area contributed by atoms with Crippen molar-refractivity contribution in [1.29, 1.82) is 0 Å². The maximum atomic E-state index is 10.8. The fourth-order valence-corrected chi connectivity index (χ4v) is 1.55. The summed E-state index contributed by atoms with van der Waals surface area (Å²) in [6, 6.07) is 1.37. The van der Waals surface area contributed by atoms with Crippen LogP contribution in [0.2, 0.25) is 0 Å². The molecule has 0 saturated heterocycles. The van der Waals surface area contributed by atoms with Crippen molar-refractivity contribution >= 4 is 21.6 Å². The van der Waals surface area contributed by atoms with Gasteiger partial charge in [0.1, 0.15) is 6.61 Å². The zero-order valence-electron chi connectivity index (χ0n) is 10.6. The monoisotopic (exact) mass is 317 g/mol. The van der Waals surface area contributed by atoms with Gasteiger partial charge in [0.05, 0.1) is 4.92 Å². The number of nitro groups is 1. The summed E-state index contributed by atoms with van der Waals surface area (Å²) >= 11 is 3.14. The van der Waals surface area contributed by atoms with Gasteiger partial charge in [-0.2, -0.15) is 0 Å². The van der Waals surface area contributed by atoms with Crippen LogP contribution in [0, 0.1) is 10.1 Å². The zero-order chi connectivity index (χ0) is 13.8. The number of rotatable bonds is 5. The van der Waals surface area contributed by atoms with Gasteiger partial charge in [-0.1, -0.05) is 0 Å². The Kier molecular flexibility index (Phi) is 5.03. The first-order valence-electron chi connectivity index (χ1n) is 5.47. The molecule has 0 bridgehead atoms. The van der Waals surface area contributed by atoms with Crippen LogP contribution in [0.5, 0.6) is 5.88 Å². The molecule has 0 aromatic carbocycles. The summed E-state index contributed by atoms with van der Waals surface area (Å²) in [6.45, 7) is 7.03. The lowest BCUT2D eigenvalue weighted by Gasteiger charge is -2.20. The molecule has 100 valence electrons. The number of halogens is 1. The van der Waals surface area contributed by atoms with Crippen LogP contribution in [0.4, 0.5) is 5.69 Å². The van der Waals surface area contributed by atoms with Crippen molar-refractivity contribution in [3.8, 4) is 5.88 Å². The van der Waals surface area contributed by atoms with E-state index in [0.717, 1.165) is 0 Å². The molecule has 1 aromatic rings. The predicted molar refractivity (Wildman–Crippen MR) is 71.8 cm³/mol. The minimum Gasteiger partial charge on any atom is -0.471 e. The van der Waals surface area contributed by atoms with Gasteiger partial charge < -0.3 is 10.1 Å². The first kappa shape index (κ1) is 14.8. The van der Waals surface area contributed by atoms with Gasteiger partial charge in [0, 0.05) is 28.8 Å². The molecule has 0 aliphatic heterocycles. The van der Waals surface area contributed by atoms with Crippen LogP contribution in [0.3, 0.4) is 0 Å². The van der Waals surface area contributed by atoms with Crippen molar-refractivity contribution in [2.24, 2.45) is 0 Å². The summed E-state index contributed by atoms with van der Waals surface area (Å²) < 4.78 is 5.86. The van der Waals surface area contributed by atoms with Gasteiger partial charge in [-0.3, -0.25) is 10.1 Å². The molecule has 18 heavy (non-hydrogen) atoms. The highest BCUT2D eigenvalue weighted by Crippen LogP contribution is 2.27. The molecule has 0 unspecified atom stereocenters. The summed E-state index contributed by atoms with van der Waals surface area (Å²) in [5.74, 6) is 0.0407. The second-order valence-corrected chi connectivity index (χ2v) is 5.68. The van der Waals surface area contributed by atoms with Crippen molar-refractivity contribution in [2.45, 2.75) is 26.3 Å². The Morgan fingerprint density at radius 2 is 2.22 bits per heavy atom. The molecular weight excluding hydrogens is 302 g/mol. The summed E-state index contributed by atoms with van der Waals surface area (Å²) in [4.78, 5) is 14.2. The summed E-state index contributed by atoms with van der Waals surface area (Å²) in [7, 11) is 0. The number of hydrogen-bond acceptors (Lipinski definition) is 5. The third-order valence-electron chi connectivity index (χ3n) is 1.99. The molecule has 0 spiro atoms. The van der Waals surface area contributed by atoms with Crippen molar-refractivity contribution < 1.29 is 9.66 Å². The minimum absolute atomic E-state index is 0.0115. The second kappa shape index (κ2) is 6.10. The SMILES string of the molecule is CC(C)(C)NCCOc1ncc(Br)cc1[N+](=O)[O-]. The number of hydrogen-bond donors (Lipinski definition) is 1. The molecule has 1 heterocycles. The topological polar surface area (TPSA) is 77.3 Å². The highest BCUT2D eigenvalue weighted by molar-refractivity contribution is 9.10. The second-order valence-electron chi connectivity index (χ2n) is 4.76. The molecule has 1 rings (SSSR count). The molecule has 0 radical (unpaired) electrons. The average molecular weight is 318 g/mol. The molecule has 1 N–H and O–H groups in total. The zero-order valence-corrected chi connectivity index (χ0v) is 12.2. The maximum Gasteiger partial charge on any atom is 0.332 e. The summed E-state index contributed by atoms with van der Waals surface area (Å²) in [5.41, 5.74) is -0.150. The molecule has 0 saturated carbocycles. The van der Waals surface area contributed by atoms with Gasteiger partial charge in [-0.15, -0.1) is 0 Å². The van der Waals surface area contributed by atoms with E-state index in [1.54, 1.807) is 0 Å². The quantitative estimate of drug-likeness (QED) is 0.513. The van der Waals surface area contributed by atoms with Gasteiger partial charge in [0.25, 0.3) is 5.88 Å². The molecule has 0 aliphatic rings. The third kappa shape index (κ3) is 4.97. The van der Waals surface area contributed by atoms with Gasteiger partial charge in [0.2, 0.25) is 0 Å². The Balaban J connectivity index is 2.59. The van der Waals surface area contributed by atoms with E-state index in [1.807, 2.05) is 20.8 Å². The van der Waals surface area contributed by atoms with E-state index < -0.39 is 4.92 Å². The van der Waals surface area contributed by atoms with Crippen molar-refractivity contribution in [3.05, 3.63) is 26.9 Å². The van der Waals surface area contributed by atoms with Gasteiger partial charge in [-0.05, 0) is 36.7 Å². The molecular formula is C11H16BrN3O3. The van der Waals surface area contributed by atoms with Crippen LogP contribution in [-0.4, -0.2) is 28.6 Å². The van der Waals surface area contributed by atoms with E-state index >= 15 is 0 Å². The van der Waals surface area contributed by atoms with Crippen LogP contribution < -0.4 is 10.1 Å². The van der Waals surface area contributed by atoms with Crippen molar-refractivity contribution in [2.75, 3.05) is 13.2 Å². The van der Waals surface area contributed by atoms with E-state index in [4.69, 9.17) is 4.74 Å². The van der Waals surface area contributed by atoms with Gasteiger partial charge in [-0.25, -0.2) is 4.98 Å². The fourth-order valence-electron chi connectivity index (χ4n) is 1.23. The first-order chi connectivity index (χ1) is 8.29. The van der Waals surface area contributed by atoms with Crippen LogP contribution in [0.25, 0.3) is 0 Å². The van der Waals surface area contributed by atoms with E-state index in [1.165, 1.54) is 12.3 Å². The first-order valence-corrected chi connectivity index (χ1v) is 6.26. The highest BCUT2D eigenvalue weighted by atomic mass is 79.9. The summed E-state index contributed by atoms with van der Waals surface area (Å²) in [5, 5.41) is 14.0. The Morgan fingerprint density at radius 1 is 1.56 bits per heavy atom. The lowest BCUT2D eigenvalue weighted by atomic mass is 10.1. The lowest BCUT2D eigenvalue weighted by Crippen LogP contribution is -2.38. The molecule has 0 atom stereocenters. The van der Waals surface area contributed by atoms with Crippen LogP contribution in [0.1, 0.15) is 20.8 Å². The number of aromatic nitrogens is 1. The molecule has 0 amide bonds. The van der Waals surface area contributed by atoms with Crippen LogP contribution >= 0.6 is 15.9 Å². The van der Waals surface area contributed by atoms with Gasteiger partial charge in [0.15, 0.2) is 0 Å². The van der Waals surface area contributed by atoms with E-state index in [2.05, 4.69) is 26.2 Å². The molecule has 6 nitrogen and oxygen atoms in total. The van der Waals surface area contributed by atoms with E-state index in [0.29, 0.717) is 17.6 Å². The van der Waals surface area contributed by atoms with Crippen LogP contribution in [0.15, 0.2) is 16.7 Å². The molecule has 7 heteroatoms. The number of ether oxygens (including phenoxy) is 1. The van der Waals surface area contributed by atoms with Gasteiger partial charge >= 0.3 is 5.69 Å². The van der Waals surface area contributed by atoms with Crippen LogP contribution in [-0.2, 0) is 0 Å². The highest BCUT2D eigenvalue weighted by Gasteiger charge is 2.17. The maximum absolute atomic E-state index is 10.8. The van der Waals surface area contributed by atoms with Crippen molar-refractivity contribution in [1.82, 2.24) is 10.3 Å². The number of pyridine rings is 1. The molecule has 1 aromatic heterocycles. The van der Waals surface area contributed by atoms with E-state index in [-0.39, 0.29) is 17.1 Å². The average Bonchev–Trinajstić information content (AvgIpc) is 2.24. The Morgan fingerprint density at radius 3 is 2.78 bits per heavy atom. The normalized spacial score (nSPS) is 11.3. The largest absolute Gasteiger partial charge is 0.471 e. The predicted octanol–water partition coefficient (Wildman–Crippen LogP) is 2.52. The number of nitrogens with zero attached hydrogens (tertiary/aromatic N) is 2. The fraction of sp³-hybridized carbons (Fsp3) is 0.545. The Labute approximate surface area is 114 Å². The molecule has 0 fully saturated rings. The smallest absolute Gasteiger partial charge is 0.332 e. The third-order valence-corrected chi connectivity index (χ3v) is 2.43. The Hall–Kier alpha value is -1.21. The Bertz CT molecular complexity index is 432. The van der Waals surface area contributed by atoms with E-state index in [9.17, 15) is 10.1 Å². The summed E-state index contributed by atoms with van der Waals surface area (Å²) in [6.07, 6.45) is 1.47. The number of nitrogens with one attached hydrogen (secondary N) is 1.